The smallest absolute Gasteiger partial charge is 0.332 e. The van der Waals surface area contributed by atoms with Crippen LogP contribution in [0, 0.1) is 0 Å². The third kappa shape index (κ3) is 4.72. The van der Waals surface area contributed by atoms with Crippen LogP contribution >= 0.6 is 0 Å². The van der Waals surface area contributed by atoms with Crippen molar-refractivity contribution in [2.45, 2.75) is 38.9 Å². The van der Waals surface area contributed by atoms with E-state index in [0.29, 0.717) is 16.7 Å². The molecule has 2 heterocycles. The molecule has 1 amide bonds. The third-order valence-corrected chi connectivity index (χ3v) is 5.44. The molecule has 1 N–H and O–H groups in total. The molecule has 164 valence electrons. The van der Waals surface area contributed by atoms with Gasteiger partial charge < -0.3 is 9.73 Å². The van der Waals surface area contributed by atoms with Crippen molar-refractivity contribution in [3.63, 3.8) is 0 Å². The highest BCUT2D eigenvalue weighted by Crippen LogP contribution is 2.09. The zero-order valence-corrected chi connectivity index (χ0v) is 17.9. The fourth-order valence-electron chi connectivity index (χ4n) is 3.79. The molecule has 0 saturated heterocycles. The number of para-hydroxylation sites is 1. The van der Waals surface area contributed by atoms with Gasteiger partial charge in [0.1, 0.15) is 12.3 Å². The van der Waals surface area contributed by atoms with Gasteiger partial charge in [-0.3, -0.25) is 18.7 Å². The van der Waals surface area contributed by atoms with E-state index >= 15 is 0 Å². The second kappa shape index (κ2) is 9.51. The Labute approximate surface area is 184 Å². The molecule has 0 bridgehead atoms. The standard InChI is InChI=1S/C25H25N3O4/c1-18(13-14-19-8-3-2-4-9-19)26-23(29)17-27-22-12-6-5-11-21(22)24(30)28(25(27)31)16-20-10-7-15-32-20/h2-12,15,18H,13-14,16-17H2,1H3,(H,26,29). The molecule has 32 heavy (non-hydrogen) atoms. The van der Waals surface area contributed by atoms with Crippen LogP contribution in [-0.4, -0.2) is 21.1 Å². The predicted octanol–water partition coefficient (Wildman–Crippen LogP) is 2.94. The van der Waals surface area contributed by atoms with Gasteiger partial charge in [-0.05, 0) is 49.6 Å². The summed E-state index contributed by atoms with van der Waals surface area (Å²) in [6.07, 6.45) is 3.12. The molecule has 0 spiro atoms. The Bertz CT molecular complexity index is 1320. The van der Waals surface area contributed by atoms with Crippen molar-refractivity contribution in [1.82, 2.24) is 14.5 Å². The zero-order chi connectivity index (χ0) is 22.5. The van der Waals surface area contributed by atoms with Crippen molar-refractivity contribution >= 4 is 16.8 Å². The highest BCUT2D eigenvalue weighted by Gasteiger charge is 2.17. The van der Waals surface area contributed by atoms with Crippen molar-refractivity contribution in [3.8, 4) is 0 Å². The maximum Gasteiger partial charge on any atom is 0.332 e. The summed E-state index contributed by atoms with van der Waals surface area (Å²) in [7, 11) is 0. The molecular formula is C25H25N3O4. The lowest BCUT2D eigenvalue weighted by Gasteiger charge is -2.16. The first-order valence-electron chi connectivity index (χ1n) is 10.6. The number of rotatable bonds is 8. The molecular weight excluding hydrogens is 406 g/mol. The Balaban J connectivity index is 1.56. The number of aromatic nitrogens is 2. The summed E-state index contributed by atoms with van der Waals surface area (Å²) >= 11 is 0. The van der Waals surface area contributed by atoms with Crippen molar-refractivity contribution in [1.29, 1.82) is 0 Å². The van der Waals surface area contributed by atoms with Gasteiger partial charge in [0.25, 0.3) is 5.56 Å². The van der Waals surface area contributed by atoms with Crippen LogP contribution in [0.2, 0.25) is 0 Å². The lowest BCUT2D eigenvalue weighted by Crippen LogP contribution is -2.44. The van der Waals surface area contributed by atoms with Gasteiger partial charge in [-0.25, -0.2) is 4.79 Å². The van der Waals surface area contributed by atoms with Crippen LogP contribution in [0.5, 0.6) is 0 Å². The SMILES string of the molecule is CC(CCc1ccccc1)NC(=O)Cn1c(=O)n(Cc2ccco2)c(=O)c2ccccc21. The highest BCUT2D eigenvalue weighted by molar-refractivity contribution is 5.81. The van der Waals surface area contributed by atoms with Gasteiger partial charge in [0, 0.05) is 6.04 Å². The molecule has 0 aliphatic heterocycles. The van der Waals surface area contributed by atoms with Crippen LogP contribution in [0.15, 0.2) is 87.0 Å². The molecule has 4 rings (SSSR count). The molecule has 0 aliphatic rings. The van der Waals surface area contributed by atoms with Crippen LogP contribution in [0.3, 0.4) is 0 Å². The summed E-state index contributed by atoms with van der Waals surface area (Å²) in [5, 5.41) is 3.34. The van der Waals surface area contributed by atoms with Gasteiger partial charge in [-0.2, -0.15) is 0 Å². The Hall–Kier alpha value is -3.87. The van der Waals surface area contributed by atoms with E-state index in [1.165, 1.54) is 16.4 Å². The summed E-state index contributed by atoms with van der Waals surface area (Å²) in [4.78, 5) is 38.9. The van der Waals surface area contributed by atoms with Crippen molar-refractivity contribution < 1.29 is 9.21 Å². The third-order valence-electron chi connectivity index (χ3n) is 5.44. The van der Waals surface area contributed by atoms with E-state index in [4.69, 9.17) is 4.42 Å². The average Bonchev–Trinajstić information content (AvgIpc) is 3.32. The molecule has 1 atom stereocenters. The minimum Gasteiger partial charge on any atom is -0.467 e. The maximum absolute atomic E-state index is 13.2. The number of amides is 1. The number of hydrogen-bond acceptors (Lipinski definition) is 4. The van der Waals surface area contributed by atoms with E-state index in [1.54, 1.807) is 36.4 Å². The Morgan fingerprint density at radius 3 is 2.47 bits per heavy atom. The molecule has 7 nitrogen and oxygen atoms in total. The number of nitrogens with one attached hydrogen (secondary N) is 1. The number of carbonyl (C=O) groups is 1. The molecule has 7 heteroatoms. The first-order valence-corrected chi connectivity index (χ1v) is 10.6. The highest BCUT2D eigenvalue weighted by atomic mass is 16.3. The number of benzene rings is 2. The van der Waals surface area contributed by atoms with Gasteiger partial charge in [0.15, 0.2) is 0 Å². The fourth-order valence-corrected chi connectivity index (χ4v) is 3.79. The second-order valence-electron chi connectivity index (χ2n) is 7.85. The summed E-state index contributed by atoms with van der Waals surface area (Å²) in [5.41, 5.74) is 0.693. The lowest BCUT2D eigenvalue weighted by atomic mass is 10.1. The zero-order valence-electron chi connectivity index (χ0n) is 17.9. The molecule has 0 aliphatic carbocycles. The Morgan fingerprint density at radius 1 is 0.969 bits per heavy atom. The van der Waals surface area contributed by atoms with Gasteiger partial charge in [-0.1, -0.05) is 42.5 Å². The van der Waals surface area contributed by atoms with Gasteiger partial charge in [0.05, 0.1) is 23.7 Å². The number of fused-ring (bicyclic) bond motifs is 1. The molecule has 0 saturated carbocycles. The van der Waals surface area contributed by atoms with E-state index in [2.05, 4.69) is 17.4 Å². The summed E-state index contributed by atoms with van der Waals surface area (Å²) in [6, 6.07) is 20.2. The molecule has 2 aromatic heterocycles. The largest absolute Gasteiger partial charge is 0.467 e. The van der Waals surface area contributed by atoms with Crippen LogP contribution in [0.4, 0.5) is 0 Å². The van der Waals surface area contributed by atoms with Crippen molar-refractivity contribution in [2.75, 3.05) is 0 Å². The average molecular weight is 431 g/mol. The topological polar surface area (TPSA) is 86.2 Å². The van der Waals surface area contributed by atoms with Crippen molar-refractivity contribution in [3.05, 3.63) is 105 Å². The van der Waals surface area contributed by atoms with Gasteiger partial charge in [-0.15, -0.1) is 0 Å². The first kappa shape index (κ1) is 21.4. The predicted molar refractivity (Wildman–Crippen MR) is 123 cm³/mol. The normalized spacial score (nSPS) is 12.0. The minimum absolute atomic E-state index is 0.00456. The quantitative estimate of drug-likeness (QED) is 0.465. The fraction of sp³-hybridized carbons (Fsp3) is 0.240. The molecule has 4 aromatic rings. The van der Waals surface area contributed by atoms with Crippen LogP contribution < -0.4 is 16.6 Å². The number of carbonyl (C=O) groups excluding carboxylic acids is 1. The van der Waals surface area contributed by atoms with Crippen LogP contribution in [0.1, 0.15) is 24.7 Å². The van der Waals surface area contributed by atoms with E-state index in [1.807, 2.05) is 25.1 Å². The van der Waals surface area contributed by atoms with Crippen molar-refractivity contribution in [2.24, 2.45) is 0 Å². The molecule has 0 fully saturated rings. The van der Waals surface area contributed by atoms with E-state index in [9.17, 15) is 14.4 Å². The second-order valence-corrected chi connectivity index (χ2v) is 7.85. The summed E-state index contributed by atoms with van der Waals surface area (Å²) in [6.45, 7) is 1.78. The van der Waals surface area contributed by atoms with E-state index < -0.39 is 11.2 Å². The number of nitrogens with zero attached hydrogens (tertiary/aromatic N) is 2. The maximum atomic E-state index is 13.2. The Kier molecular flexibility index (Phi) is 6.35. The number of aryl methyl sites for hydroxylation is 1. The monoisotopic (exact) mass is 431 g/mol. The van der Waals surface area contributed by atoms with E-state index in [-0.39, 0.29) is 25.0 Å². The van der Waals surface area contributed by atoms with E-state index in [0.717, 1.165) is 17.4 Å². The molecule has 2 aromatic carbocycles. The van der Waals surface area contributed by atoms with Crippen LogP contribution in [0.25, 0.3) is 10.9 Å². The molecule has 1 unspecified atom stereocenters. The number of furan rings is 1. The molecule has 0 radical (unpaired) electrons. The summed E-state index contributed by atoms with van der Waals surface area (Å²) < 4.78 is 7.76. The van der Waals surface area contributed by atoms with Gasteiger partial charge in [0.2, 0.25) is 5.91 Å². The van der Waals surface area contributed by atoms with Crippen LogP contribution in [-0.2, 0) is 24.3 Å². The lowest BCUT2D eigenvalue weighted by molar-refractivity contribution is -0.122. The van der Waals surface area contributed by atoms with Gasteiger partial charge >= 0.3 is 5.69 Å². The Morgan fingerprint density at radius 2 is 1.72 bits per heavy atom. The first-order chi connectivity index (χ1) is 15.5. The number of hydrogen-bond donors (Lipinski definition) is 1. The minimum atomic E-state index is -0.544. The summed E-state index contributed by atoms with van der Waals surface area (Å²) in [5.74, 6) is 0.214.